The summed E-state index contributed by atoms with van der Waals surface area (Å²) in [6.45, 7) is 1.78. The zero-order valence-corrected chi connectivity index (χ0v) is 12.2. The van der Waals surface area contributed by atoms with Crippen LogP contribution < -0.4 is 5.32 Å². The molecule has 19 heavy (non-hydrogen) atoms. The first-order valence-corrected chi connectivity index (χ1v) is 7.89. The fourth-order valence-electron chi connectivity index (χ4n) is 3.25. The smallest absolute Gasteiger partial charge is 0.220 e. The van der Waals surface area contributed by atoms with Crippen molar-refractivity contribution in [3.63, 3.8) is 0 Å². The molecule has 0 aromatic heterocycles. The van der Waals surface area contributed by atoms with E-state index in [-0.39, 0.29) is 5.91 Å². The SMILES string of the molecule is CN(CCNC(=O)CC1C=CCC1)C1CCCCC1. The number of nitrogens with zero attached hydrogens (tertiary/aromatic N) is 1. The van der Waals surface area contributed by atoms with Gasteiger partial charge in [0.1, 0.15) is 0 Å². The van der Waals surface area contributed by atoms with Crippen molar-refractivity contribution < 1.29 is 4.79 Å². The van der Waals surface area contributed by atoms with Crippen molar-refractivity contribution in [2.24, 2.45) is 5.92 Å². The van der Waals surface area contributed by atoms with Crippen LogP contribution in [0.3, 0.4) is 0 Å². The van der Waals surface area contributed by atoms with Crippen LogP contribution in [0.2, 0.25) is 0 Å². The Kier molecular flexibility index (Phi) is 5.90. The van der Waals surface area contributed by atoms with Crippen molar-refractivity contribution in [3.8, 4) is 0 Å². The van der Waals surface area contributed by atoms with Crippen molar-refractivity contribution in [3.05, 3.63) is 12.2 Å². The number of hydrogen-bond acceptors (Lipinski definition) is 2. The molecule has 1 N–H and O–H groups in total. The molecule has 3 nitrogen and oxygen atoms in total. The Morgan fingerprint density at radius 1 is 1.26 bits per heavy atom. The molecule has 1 unspecified atom stereocenters. The Morgan fingerprint density at radius 3 is 2.74 bits per heavy atom. The highest BCUT2D eigenvalue weighted by atomic mass is 16.1. The average Bonchev–Trinajstić information content (AvgIpc) is 2.92. The standard InChI is InChI=1S/C16H28N2O/c1-18(15-9-3-2-4-10-15)12-11-17-16(19)13-14-7-5-6-8-14/h5,7,14-15H,2-4,6,8-13H2,1H3,(H,17,19). The fourth-order valence-corrected chi connectivity index (χ4v) is 3.25. The van der Waals surface area contributed by atoms with E-state index in [1.165, 1.54) is 32.1 Å². The number of carbonyl (C=O) groups excluding carboxylic acids is 1. The predicted octanol–water partition coefficient (Wildman–Crippen LogP) is 2.72. The van der Waals surface area contributed by atoms with Gasteiger partial charge in [0.05, 0.1) is 0 Å². The molecule has 1 saturated carbocycles. The summed E-state index contributed by atoms with van der Waals surface area (Å²) in [7, 11) is 2.20. The molecule has 2 aliphatic carbocycles. The third-order valence-corrected chi connectivity index (χ3v) is 4.54. The van der Waals surface area contributed by atoms with E-state index in [0.29, 0.717) is 12.3 Å². The summed E-state index contributed by atoms with van der Waals surface area (Å²) < 4.78 is 0. The van der Waals surface area contributed by atoms with Gasteiger partial charge in [0.2, 0.25) is 5.91 Å². The van der Waals surface area contributed by atoms with Crippen LogP contribution in [-0.4, -0.2) is 37.0 Å². The maximum absolute atomic E-state index is 11.8. The van der Waals surface area contributed by atoms with Crippen molar-refractivity contribution in [2.75, 3.05) is 20.1 Å². The number of allylic oxidation sites excluding steroid dienone is 2. The summed E-state index contributed by atoms with van der Waals surface area (Å²) in [5.41, 5.74) is 0. The highest BCUT2D eigenvalue weighted by Gasteiger charge is 2.18. The zero-order chi connectivity index (χ0) is 13.5. The van der Waals surface area contributed by atoms with Gasteiger partial charge in [-0.3, -0.25) is 4.79 Å². The lowest BCUT2D eigenvalue weighted by atomic mass is 9.94. The Balaban J connectivity index is 1.57. The molecule has 0 aliphatic heterocycles. The highest BCUT2D eigenvalue weighted by molar-refractivity contribution is 5.76. The molecule has 1 atom stereocenters. The largest absolute Gasteiger partial charge is 0.355 e. The van der Waals surface area contributed by atoms with Crippen LogP contribution in [0.15, 0.2) is 12.2 Å². The van der Waals surface area contributed by atoms with Gasteiger partial charge in [-0.1, -0.05) is 31.4 Å². The molecule has 1 amide bonds. The second kappa shape index (κ2) is 7.68. The first-order valence-electron chi connectivity index (χ1n) is 7.89. The van der Waals surface area contributed by atoms with E-state index in [1.54, 1.807) is 0 Å². The minimum atomic E-state index is 0.216. The molecule has 0 radical (unpaired) electrons. The molecule has 0 bridgehead atoms. The molecular weight excluding hydrogens is 236 g/mol. The number of carbonyl (C=O) groups is 1. The molecule has 0 saturated heterocycles. The first kappa shape index (κ1) is 14.6. The summed E-state index contributed by atoms with van der Waals surface area (Å²) in [5, 5.41) is 3.07. The lowest BCUT2D eigenvalue weighted by Gasteiger charge is -2.31. The van der Waals surface area contributed by atoms with Crippen LogP contribution in [-0.2, 0) is 4.79 Å². The minimum absolute atomic E-state index is 0.216. The molecule has 2 aliphatic rings. The van der Waals surface area contributed by atoms with Crippen LogP contribution in [0.1, 0.15) is 51.4 Å². The van der Waals surface area contributed by atoms with Gasteiger partial charge in [0.15, 0.2) is 0 Å². The van der Waals surface area contributed by atoms with Gasteiger partial charge in [-0.25, -0.2) is 0 Å². The van der Waals surface area contributed by atoms with Crippen LogP contribution >= 0.6 is 0 Å². The first-order chi connectivity index (χ1) is 9.25. The van der Waals surface area contributed by atoms with Gasteiger partial charge < -0.3 is 10.2 Å². The second-order valence-electron chi connectivity index (χ2n) is 6.09. The minimum Gasteiger partial charge on any atom is -0.355 e. The zero-order valence-electron chi connectivity index (χ0n) is 12.2. The molecule has 0 spiro atoms. The molecule has 0 aromatic carbocycles. The van der Waals surface area contributed by atoms with Crippen molar-refractivity contribution in [1.82, 2.24) is 10.2 Å². The van der Waals surface area contributed by atoms with Gasteiger partial charge >= 0.3 is 0 Å². The van der Waals surface area contributed by atoms with E-state index in [2.05, 4.69) is 29.4 Å². The van der Waals surface area contributed by atoms with E-state index in [0.717, 1.165) is 32.0 Å². The third kappa shape index (κ3) is 4.98. The average molecular weight is 264 g/mol. The van der Waals surface area contributed by atoms with Gasteiger partial charge in [-0.15, -0.1) is 0 Å². The van der Waals surface area contributed by atoms with Gasteiger partial charge in [0.25, 0.3) is 0 Å². The normalized spacial score (nSPS) is 24.0. The fraction of sp³-hybridized carbons (Fsp3) is 0.812. The number of nitrogens with one attached hydrogen (secondary N) is 1. The number of likely N-dealkylation sites (N-methyl/N-ethyl adjacent to an activating group) is 1. The topological polar surface area (TPSA) is 32.3 Å². The Morgan fingerprint density at radius 2 is 2.05 bits per heavy atom. The molecule has 1 fully saturated rings. The Bertz CT molecular complexity index is 308. The highest BCUT2D eigenvalue weighted by Crippen LogP contribution is 2.21. The molecule has 0 aromatic rings. The van der Waals surface area contributed by atoms with Crippen LogP contribution in [0.4, 0.5) is 0 Å². The van der Waals surface area contributed by atoms with Crippen molar-refractivity contribution in [2.45, 2.75) is 57.4 Å². The lowest BCUT2D eigenvalue weighted by Crippen LogP contribution is -2.39. The Labute approximate surface area is 117 Å². The van der Waals surface area contributed by atoms with Crippen molar-refractivity contribution >= 4 is 5.91 Å². The van der Waals surface area contributed by atoms with E-state index in [4.69, 9.17) is 0 Å². The van der Waals surface area contributed by atoms with E-state index < -0.39 is 0 Å². The summed E-state index contributed by atoms with van der Waals surface area (Å²) in [4.78, 5) is 14.2. The molecule has 108 valence electrons. The molecule has 0 heterocycles. The summed E-state index contributed by atoms with van der Waals surface area (Å²) >= 11 is 0. The molecule has 3 heteroatoms. The summed E-state index contributed by atoms with van der Waals surface area (Å²) in [6, 6.07) is 0.739. The Hall–Kier alpha value is -0.830. The second-order valence-corrected chi connectivity index (χ2v) is 6.09. The van der Waals surface area contributed by atoms with Gasteiger partial charge in [-0.05, 0) is 38.6 Å². The maximum atomic E-state index is 11.8. The number of amides is 1. The van der Waals surface area contributed by atoms with Gasteiger partial charge in [-0.2, -0.15) is 0 Å². The summed E-state index contributed by atoms with van der Waals surface area (Å²) in [6.07, 6.45) is 14.1. The predicted molar refractivity (Wildman–Crippen MR) is 79.0 cm³/mol. The molecular formula is C16H28N2O. The third-order valence-electron chi connectivity index (χ3n) is 4.54. The van der Waals surface area contributed by atoms with Crippen LogP contribution in [0, 0.1) is 5.92 Å². The number of rotatable bonds is 6. The lowest BCUT2D eigenvalue weighted by molar-refractivity contribution is -0.121. The van der Waals surface area contributed by atoms with E-state index >= 15 is 0 Å². The van der Waals surface area contributed by atoms with Crippen molar-refractivity contribution in [1.29, 1.82) is 0 Å². The summed E-state index contributed by atoms with van der Waals surface area (Å²) in [5.74, 6) is 0.699. The number of hydrogen-bond donors (Lipinski definition) is 1. The van der Waals surface area contributed by atoms with Crippen LogP contribution in [0.5, 0.6) is 0 Å². The van der Waals surface area contributed by atoms with E-state index in [9.17, 15) is 4.79 Å². The van der Waals surface area contributed by atoms with Crippen LogP contribution in [0.25, 0.3) is 0 Å². The van der Waals surface area contributed by atoms with E-state index in [1.807, 2.05) is 0 Å². The maximum Gasteiger partial charge on any atom is 0.220 e. The monoisotopic (exact) mass is 264 g/mol. The molecule has 2 rings (SSSR count). The van der Waals surface area contributed by atoms with Gasteiger partial charge in [0, 0.05) is 25.6 Å². The quantitative estimate of drug-likeness (QED) is 0.748.